The normalized spacial score (nSPS) is 16.1. The Hall–Kier alpha value is -1.41. The molecule has 0 radical (unpaired) electrons. The Morgan fingerprint density at radius 3 is 2.67 bits per heavy atom. The standard InChI is InChI=1S/C16H23FN2O4.ClH/c1-21-8-9-23-14-3-2-12(10-13(14)17)19-15(20)16(11-18)4-6-22-7-5-16;/h2-3,10H,4-9,11,18H2,1H3,(H,19,20);1H. The summed E-state index contributed by atoms with van der Waals surface area (Å²) >= 11 is 0. The molecule has 0 aromatic heterocycles. The van der Waals surface area contributed by atoms with Crippen LogP contribution in [0, 0.1) is 11.2 Å². The lowest BCUT2D eigenvalue weighted by atomic mass is 9.79. The lowest BCUT2D eigenvalue weighted by Crippen LogP contribution is -2.46. The number of amides is 1. The lowest BCUT2D eigenvalue weighted by molar-refractivity contribution is -0.130. The van der Waals surface area contributed by atoms with E-state index in [0.29, 0.717) is 38.3 Å². The molecule has 2 rings (SSSR count). The summed E-state index contributed by atoms with van der Waals surface area (Å²) in [5.41, 5.74) is 5.52. The molecule has 1 aromatic rings. The summed E-state index contributed by atoms with van der Waals surface area (Å²) in [6.07, 6.45) is 1.13. The van der Waals surface area contributed by atoms with Crippen molar-refractivity contribution in [2.45, 2.75) is 12.8 Å². The molecule has 0 atom stereocenters. The fourth-order valence-corrected chi connectivity index (χ4v) is 2.48. The smallest absolute Gasteiger partial charge is 0.232 e. The molecule has 0 bridgehead atoms. The van der Waals surface area contributed by atoms with Crippen molar-refractivity contribution in [3.8, 4) is 5.75 Å². The number of nitrogens with two attached hydrogens (primary N) is 1. The van der Waals surface area contributed by atoms with Crippen LogP contribution in [0.2, 0.25) is 0 Å². The average Bonchev–Trinajstić information content (AvgIpc) is 2.57. The van der Waals surface area contributed by atoms with E-state index in [2.05, 4.69) is 5.32 Å². The van der Waals surface area contributed by atoms with Crippen LogP contribution in [0.4, 0.5) is 10.1 Å². The van der Waals surface area contributed by atoms with E-state index in [9.17, 15) is 9.18 Å². The van der Waals surface area contributed by atoms with Crippen LogP contribution in [0.15, 0.2) is 18.2 Å². The highest BCUT2D eigenvalue weighted by atomic mass is 35.5. The van der Waals surface area contributed by atoms with Crippen LogP contribution in [0.5, 0.6) is 5.75 Å². The highest BCUT2D eigenvalue weighted by molar-refractivity contribution is 5.95. The fourth-order valence-electron chi connectivity index (χ4n) is 2.48. The molecule has 1 aliphatic heterocycles. The maximum absolute atomic E-state index is 14.0. The second kappa shape index (κ2) is 9.78. The van der Waals surface area contributed by atoms with Gasteiger partial charge in [0.25, 0.3) is 0 Å². The van der Waals surface area contributed by atoms with Gasteiger partial charge in [-0.05, 0) is 25.0 Å². The van der Waals surface area contributed by atoms with E-state index in [1.807, 2.05) is 0 Å². The summed E-state index contributed by atoms with van der Waals surface area (Å²) in [6, 6.07) is 4.33. The van der Waals surface area contributed by atoms with Crippen LogP contribution < -0.4 is 15.8 Å². The molecular weight excluding hydrogens is 339 g/mol. The predicted octanol–water partition coefficient (Wildman–Crippen LogP) is 1.97. The van der Waals surface area contributed by atoms with Crippen LogP contribution in [0.3, 0.4) is 0 Å². The number of methoxy groups -OCH3 is 1. The van der Waals surface area contributed by atoms with Crippen molar-refractivity contribution in [3.63, 3.8) is 0 Å². The minimum absolute atomic E-state index is 0. The maximum atomic E-state index is 14.0. The highest BCUT2D eigenvalue weighted by Gasteiger charge is 2.38. The zero-order valence-electron chi connectivity index (χ0n) is 13.7. The summed E-state index contributed by atoms with van der Waals surface area (Å²) in [4.78, 5) is 12.5. The molecule has 24 heavy (non-hydrogen) atoms. The van der Waals surface area contributed by atoms with Crippen molar-refractivity contribution >= 4 is 24.0 Å². The second-order valence-corrected chi connectivity index (χ2v) is 5.54. The quantitative estimate of drug-likeness (QED) is 0.724. The van der Waals surface area contributed by atoms with Crippen molar-refractivity contribution in [1.29, 1.82) is 0 Å². The first kappa shape index (κ1) is 20.6. The Morgan fingerprint density at radius 1 is 1.38 bits per heavy atom. The van der Waals surface area contributed by atoms with Crippen molar-refractivity contribution < 1.29 is 23.4 Å². The minimum Gasteiger partial charge on any atom is -0.488 e. The third-order valence-electron chi connectivity index (χ3n) is 4.06. The molecule has 0 unspecified atom stereocenters. The third-order valence-corrected chi connectivity index (χ3v) is 4.06. The molecule has 0 aliphatic carbocycles. The van der Waals surface area contributed by atoms with E-state index in [4.69, 9.17) is 19.9 Å². The average molecular weight is 363 g/mol. The number of nitrogens with one attached hydrogen (secondary N) is 1. The largest absolute Gasteiger partial charge is 0.488 e. The molecule has 1 heterocycles. The van der Waals surface area contributed by atoms with Gasteiger partial charge in [0.05, 0.1) is 12.0 Å². The minimum atomic E-state index is -0.650. The molecule has 1 amide bonds. The van der Waals surface area contributed by atoms with Gasteiger partial charge in [0.1, 0.15) is 6.61 Å². The monoisotopic (exact) mass is 362 g/mol. The van der Waals surface area contributed by atoms with Gasteiger partial charge in [-0.1, -0.05) is 0 Å². The number of halogens is 2. The molecule has 6 nitrogen and oxygen atoms in total. The topological polar surface area (TPSA) is 82.8 Å². The number of carbonyl (C=O) groups excluding carboxylic acids is 1. The Morgan fingerprint density at radius 2 is 2.08 bits per heavy atom. The van der Waals surface area contributed by atoms with Crippen molar-refractivity contribution in [1.82, 2.24) is 0 Å². The zero-order valence-corrected chi connectivity index (χ0v) is 14.5. The van der Waals surface area contributed by atoms with Gasteiger partial charge < -0.3 is 25.3 Å². The molecule has 3 N–H and O–H groups in total. The van der Waals surface area contributed by atoms with Gasteiger partial charge in [0.15, 0.2) is 11.6 Å². The van der Waals surface area contributed by atoms with E-state index in [-0.39, 0.29) is 37.2 Å². The van der Waals surface area contributed by atoms with Gasteiger partial charge in [0, 0.05) is 38.6 Å². The van der Waals surface area contributed by atoms with Crippen molar-refractivity contribution in [2.75, 3.05) is 45.4 Å². The molecule has 1 aromatic carbocycles. The first-order valence-electron chi connectivity index (χ1n) is 7.62. The van der Waals surface area contributed by atoms with Gasteiger partial charge in [-0.3, -0.25) is 4.79 Å². The van der Waals surface area contributed by atoms with E-state index < -0.39 is 11.2 Å². The Bertz CT molecular complexity index is 539. The number of benzene rings is 1. The van der Waals surface area contributed by atoms with Crippen LogP contribution in [0.1, 0.15) is 12.8 Å². The molecule has 1 fully saturated rings. The summed E-state index contributed by atoms with van der Waals surface area (Å²) in [6.45, 7) is 1.88. The van der Waals surface area contributed by atoms with Gasteiger partial charge in [-0.2, -0.15) is 0 Å². The van der Waals surface area contributed by atoms with Crippen LogP contribution >= 0.6 is 12.4 Å². The molecule has 0 spiro atoms. The molecule has 0 saturated carbocycles. The highest BCUT2D eigenvalue weighted by Crippen LogP contribution is 2.31. The zero-order chi connectivity index (χ0) is 16.7. The molecule has 1 aliphatic rings. The third kappa shape index (κ3) is 5.04. The molecule has 136 valence electrons. The van der Waals surface area contributed by atoms with E-state index in [1.165, 1.54) is 12.1 Å². The molecule has 1 saturated heterocycles. The van der Waals surface area contributed by atoms with E-state index >= 15 is 0 Å². The van der Waals surface area contributed by atoms with Crippen LogP contribution in [0.25, 0.3) is 0 Å². The Balaban J connectivity index is 0.00000288. The first-order chi connectivity index (χ1) is 11.1. The van der Waals surface area contributed by atoms with Gasteiger partial charge in [-0.15, -0.1) is 12.4 Å². The summed E-state index contributed by atoms with van der Waals surface area (Å²) in [5.74, 6) is -0.608. The van der Waals surface area contributed by atoms with Crippen LogP contribution in [-0.2, 0) is 14.3 Å². The predicted molar refractivity (Wildman–Crippen MR) is 91.2 cm³/mol. The molecular formula is C16H24ClFN2O4. The number of anilines is 1. The number of ether oxygens (including phenoxy) is 3. The lowest BCUT2D eigenvalue weighted by Gasteiger charge is -2.34. The van der Waals surface area contributed by atoms with E-state index in [0.717, 1.165) is 0 Å². The molecule has 8 heteroatoms. The first-order valence-corrected chi connectivity index (χ1v) is 7.62. The number of hydrogen-bond acceptors (Lipinski definition) is 5. The maximum Gasteiger partial charge on any atom is 0.232 e. The summed E-state index contributed by atoms with van der Waals surface area (Å²) in [7, 11) is 1.54. The number of carbonyl (C=O) groups is 1. The number of rotatable bonds is 7. The summed E-state index contributed by atoms with van der Waals surface area (Å²) in [5, 5.41) is 2.74. The van der Waals surface area contributed by atoms with Crippen LogP contribution in [-0.4, -0.2) is 46.0 Å². The number of hydrogen-bond donors (Lipinski definition) is 2. The summed E-state index contributed by atoms with van der Waals surface area (Å²) < 4.78 is 29.4. The fraction of sp³-hybridized carbons (Fsp3) is 0.562. The Labute approximate surface area is 147 Å². The van der Waals surface area contributed by atoms with Gasteiger partial charge in [-0.25, -0.2) is 4.39 Å². The van der Waals surface area contributed by atoms with Crippen molar-refractivity contribution in [2.24, 2.45) is 11.1 Å². The second-order valence-electron chi connectivity index (χ2n) is 5.54. The van der Waals surface area contributed by atoms with Gasteiger partial charge in [0.2, 0.25) is 5.91 Å². The van der Waals surface area contributed by atoms with E-state index in [1.54, 1.807) is 13.2 Å². The van der Waals surface area contributed by atoms with Gasteiger partial charge >= 0.3 is 0 Å². The van der Waals surface area contributed by atoms with Crippen molar-refractivity contribution in [3.05, 3.63) is 24.0 Å². The Kier molecular flexibility index (Phi) is 8.41. The SMILES string of the molecule is COCCOc1ccc(NC(=O)C2(CN)CCOCC2)cc1F.Cl.